The van der Waals surface area contributed by atoms with Crippen LogP contribution in [0, 0.1) is 0 Å². The van der Waals surface area contributed by atoms with Crippen LogP contribution in [0.25, 0.3) is 0 Å². The summed E-state index contributed by atoms with van der Waals surface area (Å²) in [5.41, 5.74) is 0. The second-order valence-electron chi connectivity index (χ2n) is 2.93. The molecule has 0 unspecified atom stereocenters. The minimum absolute atomic E-state index is 0.653. The smallest absolute Gasteiger partial charge is 0.302 e. The molecule has 0 atom stereocenters. The molecule has 0 aromatic rings. The Bertz CT molecular complexity index is 147. The Morgan fingerprint density at radius 3 is 1.29 bits per heavy atom. The largest absolute Gasteiger partial charge is 0.388 e. The van der Waals surface area contributed by atoms with Crippen LogP contribution in [0.1, 0.15) is 12.8 Å². The lowest BCUT2D eigenvalue weighted by Crippen LogP contribution is -2.19. The van der Waals surface area contributed by atoms with Crippen LogP contribution in [0.2, 0.25) is 12.1 Å². The van der Waals surface area contributed by atoms with Gasteiger partial charge >= 0.3 is 12.4 Å². The summed E-state index contributed by atoms with van der Waals surface area (Å²) in [5.74, 6) is 0. The minimum atomic E-state index is -4.44. The first-order valence-electron chi connectivity index (χ1n) is 3.89. The first kappa shape index (κ1) is 13.8. The third kappa shape index (κ3) is 9.84. The molecule has 85 valence electrons. The molecule has 0 aromatic carbocycles. The molecule has 14 heavy (non-hydrogen) atoms. The molecule has 0 N–H and O–H groups in total. The van der Waals surface area contributed by atoms with Crippen molar-refractivity contribution in [1.29, 1.82) is 0 Å². The zero-order chi connectivity index (χ0) is 11.4. The maximum atomic E-state index is 11.6. The highest BCUT2D eigenvalue weighted by atomic mass is 28.3. The number of rotatable bonds is 4. The summed E-state index contributed by atoms with van der Waals surface area (Å²) in [4.78, 5) is 10.8. The number of halogens is 6. The van der Waals surface area contributed by atoms with E-state index in [0.717, 1.165) is 0 Å². The van der Waals surface area contributed by atoms with Crippen molar-refractivity contribution in [2.75, 3.05) is 0 Å². The summed E-state index contributed by atoms with van der Waals surface area (Å²) in [7, 11) is -3.09. The van der Waals surface area contributed by atoms with Crippen molar-refractivity contribution in [3.63, 3.8) is 0 Å². The van der Waals surface area contributed by atoms with Gasteiger partial charge in [-0.1, -0.05) is 0 Å². The summed E-state index contributed by atoms with van der Waals surface area (Å²) >= 11 is 0. The monoisotopic (exact) mass is 239 g/mol. The second-order valence-corrected chi connectivity index (χ2v) is 5.33. The topological polar surface area (TPSA) is 19.9 Å². The maximum Gasteiger partial charge on any atom is 0.388 e. The highest BCUT2D eigenvalue weighted by molar-refractivity contribution is 6.49. The lowest BCUT2D eigenvalue weighted by atomic mass is 10.5. The summed E-state index contributed by atoms with van der Waals surface area (Å²) in [5, 5.41) is 0. The third-order valence-electron chi connectivity index (χ3n) is 1.50. The van der Waals surface area contributed by atoms with Gasteiger partial charge in [0.05, 0.1) is 0 Å². The van der Waals surface area contributed by atoms with Crippen LogP contribution in [0.15, 0.2) is 0 Å². The number of alkyl halides is 6. The Hall–Kier alpha value is -0.243. The molecule has 0 bridgehead atoms. The average Bonchev–Trinajstić information content (AvgIpc) is 1.94. The van der Waals surface area contributed by atoms with Crippen LogP contribution < -0.4 is 0 Å². The van der Waals surface area contributed by atoms with Gasteiger partial charge in [0.1, 0.15) is 0 Å². The molecule has 0 saturated carbocycles. The lowest BCUT2D eigenvalue weighted by Gasteiger charge is -2.10. The van der Waals surface area contributed by atoms with E-state index in [1.54, 1.807) is 0 Å². The lowest BCUT2D eigenvalue weighted by molar-refractivity contribution is -0.132. The Balaban J connectivity index is 3.62. The molecule has 1 radical (unpaired) electrons. The van der Waals surface area contributed by atoms with Gasteiger partial charge in [-0.3, -0.25) is 0 Å². The van der Waals surface area contributed by atoms with Gasteiger partial charge in [-0.05, 0) is 12.1 Å². The van der Waals surface area contributed by atoms with Crippen LogP contribution in [0.4, 0.5) is 26.3 Å². The molecule has 0 amide bonds. The molecule has 0 aromatic heterocycles. The van der Waals surface area contributed by atoms with E-state index in [-0.39, 0.29) is 0 Å². The van der Waals surface area contributed by atoms with E-state index < -0.39 is 46.3 Å². The average molecular weight is 239 g/mol. The van der Waals surface area contributed by atoms with E-state index >= 15 is 0 Å². The quantitative estimate of drug-likeness (QED) is 0.531. The fourth-order valence-corrected chi connectivity index (χ4v) is 2.38. The van der Waals surface area contributed by atoms with Crippen molar-refractivity contribution in [1.82, 2.24) is 0 Å². The molecule has 0 saturated heterocycles. The summed E-state index contributed by atoms with van der Waals surface area (Å²) in [6.45, 7) is 0. The molecule has 8 heteroatoms. The molecular formula is C6H9F6OSi. The molecule has 0 aliphatic rings. The fraction of sp³-hybridized carbons (Fsp3) is 1.00. The van der Waals surface area contributed by atoms with Crippen LogP contribution in [0.3, 0.4) is 0 Å². The van der Waals surface area contributed by atoms with Gasteiger partial charge in [-0.2, -0.15) is 26.3 Å². The van der Waals surface area contributed by atoms with Gasteiger partial charge in [0, 0.05) is 12.8 Å². The fourth-order valence-electron chi connectivity index (χ4n) is 0.794. The van der Waals surface area contributed by atoms with Gasteiger partial charge in [-0.25, -0.2) is 0 Å². The molecular weight excluding hydrogens is 230 g/mol. The van der Waals surface area contributed by atoms with Crippen molar-refractivity contribution in [2.45, 2.75) is 37.3 Å². The molecule has 1 nitrogen and oxygen atoms in total. The highest BCUT2D eigenvalue weighted by Crippen LogP contribution is 2.26. The molecule has 0 fully saturated rings. The van der Waals surface area contributed by atoms with Gasteiger partial charge in [0.2, 0.25) is 9.04 Å². The highest BCUT2D eigenvalue weighted by Gasteiger charge is 2.32. The summed E-state index contributed by atoms with van der Waals surface area (Å²) in [6, 6.07) is -1.31. The second kappa shape index (κ2) is 5.01. The standard InChI is InChI=1S/C6H9F6OSi/c7-5(8,9)1-3-14(13)4-2-6(10,11)12/h14H,1-4H2. The molecule has 0 aliphatic heterocycles. The number of hydrogen-bond donors (Lipinski definition) is 0. The third-order valence-corrected chi connectivity index (χ3v) is 3.36. The van der Waals surface area contributed by atoms with Gasteiger partial charge < -0.3 is 4.80 Å². The minimum Gasteiger partial charge on any atom is -0.302 e. The van der Waals surface area contributed by atoms with E-state index in [1.165, 1.54) is 0 Å². The van der Waals surface area contributed by atoms with Crippen molar-refractivity contribution in [2.24, 2.45) is 0 Å². The predicted octanol–water partition coefficient (Wildman–Crippen LogP) is 3.05. The van der Waals surface area contributed by atoms with Gasteiger partial charge in [0.15, 0.2) is 0 Å². The Morgan fingerprint density at radius 1 is 0.786 bits per heavy atom. The predicted molar refractivity (Wildman–Crippen MR) is 38.8 cm³/mol. The first-order valence-corrected chi connectivity index (χ1v) is 6.00. The van der Waals surface area contributed by atoms with Crippen LogP contribution in [-0.4, -0.2) is 21.4 Å². The first-order chi connectivity index (χ1) is 6.10. The SMILES string of the molecule is [O][SiH](CCC(F)(F)F)CCC(F)(F)F. The van der Waals surface area contributed by atoms with Gasteiger partial charge in [-0.15, -0.1) is 0 Å². The summed E-state index contributed by atoms with van der Waals surface area (Å²) < 4.78 is 69.3. The van der Waals surface area contributed by atoms with Crippen molar-refractivity contribution < 1.29 is 31.1 Å². The zero-order valence-corrected chi connectivity index (χ0v) is 8.24. The number of hydrogen-bond acceptors (Lipinski definition) is 0. The van der Waals surface area contributed by atoms with Crippen molar-refractivity contribution in [3.8, 4) is 0 Å². The van der Waals surface area contributed by atoms with Crippen LogP contribution >= 0.6 is 0 Å². The Morgan fingerprint density at radius 2 is 1.07 bits per heavy atom. The van der Waals surface area contributed by atoms with Crippen molar-refractivity contribution >= 4 is 9.04 Å². The molecule has 0 heterocycles. The van der Waals surface area contributed by atoms with Crippen molar-refractivity contribution in [3.05, 3.63) is 0 Å². The van der Waals surface area contributed by atoms with E-state index in [1.807, 2.05) is 0 Å². The normalized spacial score (nSPS) is 13.7. The van der Waals surface area contributed by atoms with E-state index in [9.17, 15) is 31.1 Å². The van der Waals surface area contributed by atoms with Crippen LogP contribution in [0.5, 0.6) is 0 Å². The van der Waals surface area contributed by atoms with Crippen LogP contribution in [-0.2, 0) is 4.80 Å². The molecule has 0 aliphatic carbocycles. The zero-order valence-electron chi connectivity index (χ0n) is 7.08. The Kier molecular flexibility index (Phi) is 4.92. The summed E-state index contributed by atoms with van der Waals surface area (Å²) in [6.07, 6.45) is -11.4. The maximum absolute atomic E-state index is 11.6. The van der Waals surface area contributed by atoms with E-state index in [0.29, 0.717) is 0 Å². The molecule has 0 spiro atoms. The Labute approximate surface area is 78.5 Å². The molecule has 0 rings (SSSR count). The van der Waals surface area contributed by atoms with E-state index in [4.69, 9.17) is 0 Å². The van der Waals surface area contributed by atoms with Gasteiger partial charge in [0.25, 0.3) is 0 Å². The van der Waals surface area contributed by atoms with E-state index in [2.05, 4.69) is 0 Å².